The number of benzene rings is 2. The number of anilines is 1. The van der Waals surface area contributed by atoms with E-state index in [2.05, 4.69) is 44.8 Å². The average molecular weight is 427 g/mol. The lowest BCUT2D eigenvalue weighted by molar-refractivity contribution is 0.182. The van der Waals surface area contributed by atoms with E-state index >= 15 is 0 Å². The Balaban J connectivity index is 1.59. The van der Waals surface area contributed by atoms with Gasteiger partial charge in [-0.3, -0.25) is 4.99 Å². The van der Waals surface area contributed by atoms with Crippen molar-refractivity contribution in [1.29, 1.82) is 0 Å². The van der Waals surface area contributed by atoms with Gasteiger partial charge in [-0.2, -0.15) is 0 Å². The van der Waals surface area contributed by atoms with Gasteiger partial charge in [0.15, 0.2) is 5.96 Å². The number of hydrogen-bond acceptors (Lipinski definition) is 5. The SMILES string of the molecule is CCNC(=NCC(O)c1cc(OC)ccc1OC)NC1CCN(c2ccccc2)CC1. The first-order valence-corrected chi connectivity index (χ1v) is 10.9. The number of ether oxygens (including phenoxy) is 2. The molecule has 1 unspecified atom stereocenters. The minimum Gasteiger partial charge on any atom is -0.497 e. The van der Waals surface area contributed by atoms with Crippen molar-refractivity contribution in [3.8, 4) is 11.5 Å². The normalized spacial score (nSPS) is 16.0. The summed E-state index contributed by atoms with van der Waals surface area (Å²) in [7, 11) is 3.20. The molecule has 1 saturated heterocycles. The van der Waals surface area contributed by atoms with Crippen LogP contribution >= 0.6 is 0 Å². The lowest BCUT2D eigenvalue weighted by Crippen LogP contribution is -2.48. The summed E-state index contributed by atoms with van der Waals surface area (Å²) in [5.41, 5.74) is 1.94. The van der Waals surface area contributed by atoms with Crippen molar-refractivity contribution < 1.29 is 14.6 Å². The minimum absolute atomic E-state index is 0.224. The van der Waals surface area contributed by atoms with E-state index in [0.717, 1.165) is 38.4 Å². The number of aliphatic hydroxyl groups excluding tert-OH is 1. The summed E-state index contributed by atoms with van der Waals surface area (Å²) in [4.78, 5) is 7.04. The van der Waals surface area contributed by atoms with Gasteiger partial charge in [0.05, 0.1) is 20.8 Å². The molecule has 1 fully saturated rings. The van der Waals surface area contributed by atoms with Crippen LogP contribution in [0.25, 0.3) is 0 Å². The van der Waals surface area contributed by atoms with E-state index in [1.165, 1.54) is 5.69 Å². The smallest absolute Gasteiger partial charge is 0.191 e. The van der Waals surface area contributed by atoms with E-state index in [-0.39, 0.29) is 6.54 Å². The molecule has 0 saturated carbocycles. The highest BCUT2D eigenvalue weighted by molar-refractivity contribution is 5.80. The molecule has 0 radical (unpaired) electrons. The molecule has 3 rings (SSSR count). The molecular formula is C24H34N4O3. The van der Waals surface area contributed by atoms with Gasteiger partial charge in [0.25, 0.3) is 0 Å². The number of aliphatic imine (C=N–C) groups is 1. The molecule has 1 aliphatic rings. The zero-order valence-electron chi connectivity index (χ0n) is 18.7. The molecular weight excluding hydrogens is 392 g/mol. The number of rotatable bonds is 8. The molecule has 0 spiro atoms. The molecule has 31 heavy (non-hydrogen) atoms. The fourth-order valence-corrected chi connectivity index (χ4v) is 3.81. The molecule has 0 aliphatic carbocycles. The molecule has 2 aromatic carbocycles. The van der Waals surface area contributed by atoms with Gasteiger partial charge in [0, 0.05) is 36.9 Å². The van der Waals surface area contributed by atoms with Crippen LogP contribution in [0.15, 0.2) is 53.5 Å². The van der Waals surface area contributed by atoms with Crippen LogP contribution in [0.1, 0.15) is 31.4 Å². The van der Waals surface area contributed by atoms with E-state index in [1.54, 1.807) is 26.4 Å². The number of aliphatic hydroxyl groups is 1. The maximum Gasteiger partial charge on any atom is 0.191 e. The number of para-hydroxylation sites is 1. The Hall–Kier alpha value is -2.93. The van der Waals surface area contributed by atoms with Crippen molar-refractivity contribution in [1.82, 2.24) is 10.6 Å². The molecule has 3 N–H and O–H groups in total. The van der Waals surface area contributed by atoms with Gasteiger partial charge in [-0.25, -0.2) is 0 Å². The van der Waals surface area contributed by atoms with Gasteiger partial charge in [-0.05, 0) is 50.1 Å². The third kappa shape index (κ3) is 6.28. The average Bonchev–Trinajstić information content (AvgIpc) is 2.83. The highest BCUT2D eigenvalue weighted by Gasteiger charge is 2.21. The molecule has 1 aliphatic heterocycles. The highest BCUT2D eigenvalue weighted by Crippen LogP contribution is 2.29. The van der Waals surface area contributed by atoms with E-state index in [1.807, 2.05) is 19.1 Å². The molecule has 0 bridgehead atoms. The van der Waals surface area contributed by atoms with Crippen molar-refractivity contribution in [2.24, 2.45) is 4.99 Å². The first kappa shape index (κ1) is 22.7. The molecule has 2 aromatic rings. The molecule has 7 nitrogen and oxygen atoms in total. The van der Waals surface area contributed by atoms with Gasteiger partial charge in [-0.1, -0.05) is 18.2 Å². The Morgan fingerprint density at radius 3 is 2.52 bits per heavy atom. The second kappa shape index (κ2) is 11.5. The molecule has 1 atom stereocenters. The number of guanidine groups is 1. The zero-order chi connectivity index (χ0) is 22.1. The summed E-state index contributed by atoms with van der Waals surface area (Å²) in [5.74, 6) is 2.02. The van der Waals surface area contributed by atoms with Crippen LogP contribution in [0.4, 0.5) is 5.69 Å². The van der Waals surface area contributed by atoms with Crippen LogP contribution in [0.3, 0.4) is 0 Å². The first-order valence-electron chi connectivity index (χ1n) is 10.9. The lowest BCUT2D eigenvalue weighted by atomic mass is 10.0. The number of nitrogens with zero attached hydrogens (tertiary/aromatic N) is 2. The van der Waals surface area contributed by atoms with Gasteiger partial charge in [0.2, 0.25) is 0 Å². The van der Waals surface area contributed by atoms with Crippen molar-refractivity contribution in [3.63, 3.8) is 0 Å². The lowest BCUT2D eigenvalue weighted by Gasteiger charge is -2.34. The number of piperidine rings is 1. The first-order chi connectivity index (χ1) is 15.1. The van der Waals surface area contributed by atoms with Gasteiger partial charge in [-0.15, -0.1) is 0 Å². The number of hydrogen-bond donors (Lipinski definition) is 3. The maximum absolute atomic E-state index is 10.7. The largest absolute Gasteiger partial charge is 0.497 e. The topological polar surface area (TPSA) is 78.4 Å². The third-order valence-electron chi connectivity index (χ3n) is 5.52. The molecule has 168 valence electrons. The fourth-order valence-electron chi connectivity index (χ4n) is 3.81. The van der Waals surface area contributed by atoms with E-state index in [0.29, 0.717) is 23.1 Å². The van der Waals surface area contributed by atoms with Crippen molar-refractivity contribution in [2.75, 3.05) is 45.3 Å². The summed E-state index contributed by atoms with van der Waals surface area (Å²) in [6.07, 6.45) is 1.28. The monoisotopic (exact) mass is 426 g/mol. The van der Waals surface area contributed by atoms with Crippen molar-refractivity contribution >= 4 is 11.6 Å². The molecule has 0 aromatic heterocycles. The quantitative estimate of drug-likeness (QED) is 0.445. The number of nitrogens with one attached hydrogen (secondary N) is 2. The Bertz CT molecular complexity index is 836. The summed E-state index contributed by atoms with van der Waals surface area (Å²) in [6.45, 7) is 5.03. The van der Waals surface area contributed by atoms with Crippen LogP contribution in [-0.2, 0) is 0 Å². The summed E-state index contributed by atoms with van der Waals surface area (Å²) in [6, 6.07) is 16.3. The van der Waals surface area contributed by atoms with E-state index in [4.69, 9.17) is 9.47 Å². The second-order valence-electron chi connectivity index (χ2n) is 7.58. The van der Waals surface area contributed by atoms with Crippen LogP contribution in [0.5, 0.6) is 11.5 Å². The van der Waals surface area contributed by atoms with Crippen LogP contribution < -0.4 is 25.0 Å². The summed E-state index contributed by atoms with van der Waals surface area (Å²) < 4.78 is 10.7. The standard InChI is InChI=1S/C24H34N4O3/c1-4-25-24(26-17-22(29)21-16-20(30-2)10-11-23(21)31-3)27-18-12-14-28(15-13-18)19-8-6-5-7-9-19/h5-11,16,18,22,29H,4,12-15,17H2,1-3H3,(H2,25,26,27). The predicted octanol–water partition coefficient (Wildman–Crippen LogP) is 2.96. The van der Waals surface area contributed by atoms with Crippen LogP contribution in [-0.4, -0.2) is 57.5 Å². The summed E-state index contributed by atoms with van der Waals surface area (Å²) >= 11 is 0. The predicted molar refractivity (Wildman–Crippen MR) is 125 cm³/mol. The molecule has 1 heterocycles. The summed E-state index contributed by atoms with van der Waals surface area (Å²) in [5, 5.41) is 17.6. The fraction of sp³-hybridized carbons (Fsp3) is 0.458. The van der Waals surface area contributed by atoms with Gasteiger partial charge < -0.3 is 30.1 Å². The van der Waals surface area contributed by atoms with E-state index in [9.17, 15) is 5.11 Å². The molecule has 0 amide bonds. The minimum atomic E-state index is -0.791. The highest BCUT2D eigenvalue weighted by atomic mass is 16.5. The number of methoxy groups -OCH3 is 2. The van der Waals surface area contributed by atoms with E-state index < -0.39 is 6.10 Å². The third-order valence-corrected chi connectivity index (χ3v) is 5.52. The Morgan fingerprint density at radius 2 is 1.87 bits per heavy atom. The van der Waals surface area contributed by atoms with Crippen LogP contribution in [0, 0.1) is 0 Å². The molecule has 7 heteroatoms. The van der Waals surface area contributed by atoms with Crippen molar-refractivity contribution in [3.05, 3.63) is 54.1 Å². The maximum atomic E-state index is 10.7. The Labute approximate surface area is 185 Å². The Kier molecular flexibility index (Phi) is 8.41. The zero-order valence-corrected chi connectivity index (χ0v) is 18.7. The Morgan fingerprint density at radius 1 is 1.13 bits per heavy atom. The van der Waals surface area contributed by atoms with Crippen molar-refractivity contribution in [2.45, 2.75) is 31.9 Å². The van der Waals surface area contributed by atoms with Gasteiger partial charge in [0.1, 0.15) is 17.6 Å². The van der Waals surface area contributed by atoms with Gasteiger partial charge >= 0.3 is 0 Å². The van der Waals surface area contributed by atoms with Crippen LogP contribution in [0.2, 0.25) is 0 Å². The second-order valence-corrected chi connectivity index (χ2v) is 7.58.